The van der Waals surface area contributed by atoms with Crippen molar-refractivity contribution in [2.24, 2.45) is 5.92 Å². The SMILES string of the molecule is CCOC(=O)NC(CNC(=O)c1oc2c(C)ccc(C)c2c1C)CC(C)C. The molecule has 0 bridgehead atoms. The fourth-order valence-electron chi connectivity index (χ4n) is 3.29. The van der Waals surface area contributed by atoms with Crippen LogP contribution in [0.15, 0.2) is 16.5 Å². The zero-order chi connectivity index (χ0) is 20.1. The van der Waals surface area contributed by atoms with E-state index in [1.54, 1.807) is 6.92 Å². The van der Waals surface area contributed by atoms with Crippen molar-refractivity contribution >= 4 is 23.0 Å². The van der Waals surface area contributed by atoms with Gasteiger partial charge in [-0.3, -0.25) is 4.79 Å². The van der Waals surface area contributed by atoms with Gasteiger partial charge in [-0.2, -0.15) is 0 Å². The van der Waals surface area contributed by atoms with Crippen molar-refractivity contribution in [1.29, 1.82) is 0 Å². The molecule has 6 heteroatoms. The zero-order valence-corrected chi connectivity index (χ0v) is 17.1. The van der Waals surface area contributed by atoms with Crippen molar-refractivity contribution in [3.63, 3.8) is 0 Å². The van der Waals surface area contributed by atoms with Crippen molar-refractivity contribution < 1.29 is 18.7 Å². The van der Waals surface area contributed by atoms with Crippen molar-refractivity contribution in [3.05, 3.63) is 34.6 Å². The molecule has 6 nitrogen and oxygen atoms in total. The molecule has 1 aromatic heterocycles. The summed E-state index contributed by atoms with van der Waals surface area (Å²) in [4.78, 5) is 24.4. The Hall–Kier alpha value is -2.50. The van der Waals surface area contributed by atoms with E-state index in [0.717, 1.165) is 34.1 Å². The average molecular weight is 374 g/mol. The Morgan fingerprint density at radius 1 is 1.15 bits per heavy atom. The van der Waals surface area contributed by atoms with E-state index in [1.807, 2.05) is 32.9 Å². The molecule has 0 saturated carbocycles. The van der Waals surface area contributed by atoms with Gasteiger partial charge in [-0.05, 0) is 51.2 Å². The highest BCUT2D eigenvalue weighted by Crippen LogP contribution is 2.30. The molecule has 0 saturated heterocycles. The van der Waals surface area contributed by atoms with Crippen molar-refractivity contribution in [3.8, 4) is 0 Å². The number of nitrogens with one attached hydrogen (secondary N) is 2. The Labute approximate surface area is 160 Å². The number of rotatable bonds is 7. The molecule has 2 N–H and O–H groups in total. The largest absolute Gasteiger partial charge is 0.450 e. The van der Waals surface area contributed by atoms with Gasteiger partial charge in [0.05, 0.1) is 6.61 Å². The molecule has 1 aromatic carbocycles. The van der Waals surface area contributed by atoms with Gasteiger partial charge < -0.3 is 19.8 Å². The molecule has 1 heterocycles. The molecule has 0 spiro atoms. The maximum atomic E-state index is 12.7. The molecule has 1 atom stereocenters. The number of hydrogen-bond donors (Lipinski definition) is 2. The van der Waals surface area contributed by atoms with Crippen LogP contribution in [0.4, 0.5) is 4.79 Å². The van der Waals surface area contributed by atoms with Crippen LogP contribution in [0.2, 0.25) is 0 Å². The topological polar surface area (TPSA) is 80.6 Å². The van der Waals surface area contributed by atoms with E-state index in [9.17, 15) is 9.59 Å². The number of carbonyl (C=O) groups is 2. The van der Waals surface area contributed by atoms with Gasteiger partial charge in [0.15, 0.2) is 5.76 Å². The van der Waals surface area contributed by atoms with Crippen LogP contribution in [0.1, 0.15) is 54.4 Å². The lowest BCUT2D eigenvalue weighted by atomic mass is 10.0. The van der Waals surface area contributed by atoms with E-state index in [2.05, 4.69) is 24.5 Å². The van der Waals surface area contributed by atoms with E-state index in [0.29, 0.717) is 24.8 Å². The van der Waals surface area contributed by atoms with Gasteiger partial charge >= 0.3 is 6.09 Å². The van der Waals surface area contributed by atoms with E-state index < -0.39 is 6.09 Å². The predicted molar refractivity (Wildman–Crippen MR) is 106 cm³/mol. The fourth-order valence-corrected chi connectivity index (χ4v) is 3.29. The quantitative estimate of drug-likeness (QED) is 0.759. The molecule has 0 aliphatic heterocycles. The van der Waals surface area contributed by atoms with Crippen LogP contribution in [-0.2, 0) is 4.74 Å². The molecule has 0 aliphatic rings. The van der Waals surface area contributed by atoms with Gasteiger partial charge in [0, 0.05) is 23.5 Å². The molecule has 0 radical (unpaired) electrons. The normalized spacial score (nSPS) is 12.3. The van der Waals surface area contributed by atoms with E-state index in [4.69, 9.17) is 9.15 Å². The van der Waals surface area contributed by atoms with Gasteiger partial charge in [-0.15, -0.1) is 0 Å². The number of furan rings is 1. The number of amides is 2. The minimum Gasteiger partial charge on any atom is -0.450 e. The van der Waals surface area contributed by atoms with Gasteiger partial charge in [-0.25, -0.2) is 4.79 Å². The van der Waals surface area contributed by atoms with Crippen LogP contribution < -0.4 is 10.6 Å². The highest BCUT2D eigenvalue weighted by molar-refractivity contribution is 6.00. The fraction of sp³-hybridized carbons (Fsp3) is 0.524. The highest BCUT2D eigenvalue weighted by Gasteiger charge is 2.22. The second kappa shape index (κ2) is 8.93. The number of ether oxygens (including phenoxy) is 1. The van der Waals surface area contributed by atoms with Crippen molar-refractivity contribution in [2.75, 3.05) is 13.2 Å². The van der Waals surface area contributed by atoms with Crippen molar-refractivity contribution in [1.82, 2.24) is 10.6 Å². The first-order valence-electron chi connectivity index (χ1n) is 9.45. The number of aryl methyl sites for hydroxylation is 3. The third-order valence-electron chi connectivity index (χ3n) is 4.55. The lowest BCUT2D eigenvalue weighted by Crippen LogP contribution is -2.44. The highest BCUT2D eigenvalue weighted by atomic mass is 16.5. The zero-order valence-electron chi connectivity index (χ0n) is 17.1. The predicted octanol–water partition coefficient (Wildman–Crippen LogP) is 4.25. The maximum absolute atomic E-state index is 12.7. The molecule has 148 valence electrons. The summed E-state index contributed by atoms with van der Waals surface area (Å²) in [5.41, 5.74) is 3.67. The number of benzene rings is 1. The number of alkyl carbamates (subject to hydrolysis) is 1. The first-order chi connectivity index (χ1) is 12.7. The van der Waals surface area contributed by atoms with Crippen LogP contribution in [0.3, 0.4) is 0 Å². The molecule has 2 amide bonds. The second-order valence-electron chi connectivity index (χ2n) is 7.36. The minimum atomic E-state index is -0.469. The first kappa shape index (κ1) is 20.8. The lowest BCUT2D eigenvalue weighted by molar-refractivity contribution is 0.0918. The molecule has 0 fully saturated rings. The number of carbonyl (C=O) groups excluding carboxylic acids is 2. The third kappa shape index (κ3) is 5.02. The second-order valence-corrected chi connectivity index (χ2v) is 7.36. The molecular formula is C21H30N2O4. The molecular weight excluding hydrogens is 344 g/mol. The summed E-state index contributed by atoms with van der Waals surface area (Å²) in [5.74, 6) is 0.413. The Balaban J connectivity index is 2.14. The molecule has 0 aliphatic carbocycles. The Morgan fingerprint density at radius 3 is 2.41 bits per heavy atom. The number of fused-ring (bicyclic) bond motifs is 1. The standard InChI is InChI=1S/C21H30N2O4/c1-7-26-21(25)23-16(10-12(2)3)11-22-20(24)19-15(6)17-13(4)8-9-14(5)18(17)27-19/h8-9,12,16H,7,10-11H2,1-6H3,(H,22,24)(H,23,25). The third-order valence-corrected chi connectivity index (χ3v) is 4.55. The smallest absolute Gasteiger partial charge is 0.407 e. The maximum Gasteiger partial charge on any atom is 0.407 e. The van der Waals surface area contributed by atoms with Crippen LogP contribution >= 0.6 is 0 Å². The Kier molecular flexibility index (Phi) is 6.88. The summed E-state index contributed by atoms with van der Waals surface area (Å²) in [7, 11) is 0. The van der Waals surface area contributed by atoms with E-state index in [1.165, 1.54) is 0 Å². The minimum absolute atomic E-state index is 0.207. The Morgan fingerprint density at radius 2 is 1.81 bits per heavy atom. The molecule has 27 heavy (non-hydrogen) atoms. The molecule has 1 unspecified atom stereocenters. The monoisotopic (exact) mass is 374 g/mol. The van der Waals surface area contributed by atoms with E-state index >= 15 is 0 Å². The van der Waals surface area contributed by atoms with Gasteiger partial charge in [0.25, 0.3) is 5.91 Å². The van der Waals surface area contributed by atoms with Gasteiger partial charge in [-0.1, -0.05) is 26.0 Å². The summed E-state index contributed by atoms with van der Waals surface area (Å²) < 4.78 is 10.8. The van der Waals surface area contributed by atoms with Crippen LogP contribution in [0, 0.1) is 26.7 Å². The summed E-state index contributed by atoms with van der Waals surface area (Å²) >= 11 is 0. The van der Waals surface area contributed by atoms with E-state index in [-0.39, 0.29) is 11.9 Å². The summed E-state index contributed by atoms with van der Waals surface area (Å²) in [6, 6.07) is 3.81. The van der Waals surface area contributed by atoms with Crippen LogP contribution in [-0.4, -0.2) is 31.2 Å². The van der Waals surface area contributed by atoms with Crippen molar-refractivity contribution in [2.45, 2.75) is 54.0 Å². The lowest BCUT2D eigenvalue weighted by Gasteiger charge is -2.20. The summed E-state index contributed by atoms with van der Waals surface area (Å²) in [6.45, 7) is 12.4. The molecule has 2 rings (SSSR count). The first-order valence-corrected chi connectivity index (χ1v) is 9.45. The average Bonchev–Trinajstić information content (AvgIpc) is 2.94. The van der Waals surface area contributed by atoms with Crippen LogP contribution in [0.5, 0.6) is 0 Å². The Bertz CT molecular complexity index is 823. The van der Waals surface area contributed by atoms with Gasteiger partial charge in [0.1, 0.15) is 5.58 Å². The summed E-state index contributed by atoms with van der Waals surface area (Å²) in [5, 5.41) is 6.69. The number of hydrogen-bond acceptors (Lipinski definition) is 4. The van der Waals surface area contributed by atoms with Gasteiger partial charge in [0.2, 0.25) is 0 Å². The molecule has 2 aromatic rings. The summed E-state index contributed by atoms with van der Waals surface area (Å²) in [6.07, 6.45) is 0.264. The van der Waals surface area contributed by atoms with Crippen LogP contribution in [0.25, 0.3) is 11.0 Å².